The topological polar surface area (TPSA) is 92.7 Å². The predicted octanol–water partition coefficient (Wildman–Crippen LogP) is 11.5. The highest BCUT2D eigenvalue weighted by molar-refractivity contribution is 5.80. The van der Waals surface area contributed by atoms with Crippen LogP contribution in [0.25, 0.3) is 0 Å². The lowest BCUT2D eigenvalue weighted by Crippen LogP contribution is -2.28. The van der Waals surface area contributed by atoms with Crippen molar-refractivity contribution in [1.29, 1.82) is 0 Å². The van der Waals surface area contributed by atoms with Gasteiger partial charge in [-0.15, -0.1) is 0 Å². The number of carbonyl (C=O) groups is 3. The van der Waals surface area contributed by atoms with E-state index in [0.717, 1.165) is 64.2 Å². The van der Waals surface area contributed by atoms with Crippen LogP contribution in [0.5, 0.6) is 0 Å². The molecular weight excluding hydrogens is 586 g/mol. The molecule has 0 heterocycles. The Kier molecular flexibility index (Phi) is 34.2. The average molecular weight is 658 g/mol. The minimum Gasteiger partial charge on any atom is -0.480 e. The molecule has 0 aliphatic rings. The van der Waals surface area contributed by atoms with Crippen molar-refractivity contribution in [3.63, 3.8) is 0 Å². The van der Waals surface area contributed by atoms with Gasteiger partial charge in [-0.3, -0.25) is 14.4 Å². The zero-order valence-corrected chi connectivity index (χ0v) is 30.4. The molecule has 6 heteroatoms. The van der Waals surface area contributed by atoms with E-state index in [9.17, 15) is 14.4 Å². The van der Waals surface area contributed by atoms with Crippen LogP contribution in [0, 0.1) is 0 Å². The first kappa shape index (κ1) is 44.4. The summed E-state index contributed by atoms with van der Waals surface area (Å²) in [4.78, 5) is 34.8. The number of rotatable bonds is 34. The van der Waals surface area contributed by atoms with E-state index in [-0.39, 0.29) is 24.5 Å². The molecule has 0 aromatic rings. The first-order chi connectivity index (χ1) is 23.0. The summed E-state index contributed by atoms with van der Waals surface area (Å²) >= 11 is 0. The lowest BCUT2D eigenvalue weighted by Gasteiger charge is -2.14. The molecule has 0 aliphatic carbocycles. The molecule has 1 unspecified atom stereocenters. The Morgan fingerprint density at radius 1 is 0.574 bits per heavy atom. The molecular formula is C41H71NO5. The van der Waals surface area contributed by atoms with Crippen molar-refractivity contribution < 1.29 is 24.2 Å². The number of allylic oxidation sites excluding steroid dienone is 7. The molecule has 0 saturated carbocycles. The number of amides is 1. The Balaban J connectivity index is 4.05. The van der Waals surface area contributed by atoms with Gasteiger partial charge < -0.3 is 15.2 Å². The lowest BCUT2D eigenvalue weighted by atomic mass is 10.1. The number of aliphatic carboxylic acids is 1. The van der Waals surface area contributed by atoms with Gasteiger partial charge >= 0.3 is 11.9 Å². The SMILES string of the molecule is CCCC/C=C\C/C=C\C(CCCCCCC(=O)NCC(=O)O)OC(=O)CCCCCCCCCCC/C=C\C/C=C\CCCCC. The number of nitrogens with one attached hydrogen (secondary N) is 1. The van der Waals surface area contributed by atoms with Gasteiger partial charge in [0.1, 0.15) is 12.6 Å². The summed E-state index contributed by atoms with van der Waals surface area (Å²) in [5.74, 6) is -1.36. The zero-order valence-electron chi connectivity index (χ0n) is 30.4. The number of carboxylic acids is 1. The normalized spacial score (nSPS) is 12.6. The predicted molar refractivity (Wildman–Crippen MR) is 198 cm³/mol. The number of ether oxygens (including phenoxy) is 1. The molecule has 0 aliphatic heterocycles. The van der Waals surface area contributed by atoms with Crippen LogP contribution < -0.4 is 5.32 Å². The first-order valence-electron chi connectivity index (χ1n) is 19.3. The van der Waals surface area contributed by atoms with Gasteiger partial charge in [0.05, 0.1) is 0 Å². The largest absolute Gasteiger partial charge is 0.480 e. The molecule has 1 atom stereocenters. The fraction of sp³-hybridized carbons (Fsp3) is 0.732. The number of carbonyl (C=O) groups excluding carboxylic acids is 2. The van der Waals surface area contributed by atoms with Crippen LogP contribution in [0.1, 0.15) is 181 Å². The molecule has 6 nitrogen and oxygen atoms in total. The third kappa shape index (κ3) is 36.1. The first-order valence-corrected chi connectivity index (χ1v) is 19.3. The van der Waals surface area contributed by atoms with Gasteiger partial charge in [0.15, 0.2) is 0 Å². The Morgan fingerprint density at radius 2 is 1.06 bits per heavy atom. The molecule has 0 saturated heterocycles. The number of carboxylic acid groups (broad SMARTS) is 1. The fourth-order valence-corrected chi connectivity index (χ4v) is 5.30. The summed E-state index contributed by atoms with van der Waals surface area (Å²) in [6, 6.07) is 0. The maximum Gasteiger partial charge on any atom is 0.322 e. The van der Waals surface area contributed by atoms with E-state index in [4.69, 9.17) is 9.84 Å². The van der Waals surface area contributed by atoms with E-state index < -0.39 is 5.97 Å². The Labute approximate surface area is 289 Å². The van der Waals surface area contributed by atoms with Crippen molar-refractivity contribution in [2.75, 3.05) is 6.54 Å². The third-order valence-electron chi connectivity index (χ3n) is 8.21. The van der Waals surface area contributed by atoms with Crippen molar-refractivity contribution in [3.05, 3.63) is 48.6 Å². The van der Waals surface area contributed by atoms with E-state index >= 15 is 0 Å². The van der Waals surface area contributed by atoms with Crippen LogP contribution in [0.15, 0.2) is 48.6 Å². The van der Waals surface area contributed by atoms with Crippen molar-refractivity contribution in [2.24, 2.45) is 0 Å². The zero-order chi connectivity index (χ0) is 34.5. The molecule has 1 amide bonds. The summed E-state index contributed by atoms with van der Waals surface area (Å²) in [6.45, 7) is 4.11. The summed E-state index contributed by atoms with van der Waals surface area (Å²) in [5, 5.41) is 11.0. The van der Waals surface area contributed by atoms with Crippen LogP contribution in [-0.2, 0) is 19.1 Å². The van der Waals surface area contributed by atoms with E-state index in [1.807, 2.05) is 6.08 Å². The van der Waals surface area contributed by atoms with Crippen LogP contribution >= 0.6 is 0 Å². The molecule has 47 heavy (non-hydrogen) atoms. The average Bonchev–Trinajstić information content (AvgIpc) is 3.05. The van der Waals surface area contributed by atoms with E-state index in [0.29, 0.717) is 12.8 Å². The summed E-state index contributed by atoms with van der Waals surface area (Å²) in [6.07, 6.45) is 45.4. The van der Waals surface area contributed by atoms with E-state index in [1.54, 1.807) is 0 Å². The number of hydrogen-bond acceptors (Lipinski definition) is 4. The molecule has 0 bridgehead atoms. The molecule has 2 N–H and O–H groups in total. The van der Waals surface area contributed by atoms with E-state index in [2.05, 4.69) is 61.7 Å². The summed E-state index contributed by atoms with van der Waals surface area (Å²) in [7, 11) is 0. The van der Waals surface area contributed by atoms with Gasteiger partial charge in [-0.05, 0) is 76.7 Å². The second-order valence-electron chi connectivity index (χ2n) is 12.8. The highest BCUT2D eigenvalue weighted by Gasteiger charge is 2.11. The highest BCUT2D eigenvalue weighted by Crippen LogP contribution is 2.15. The number of hydrogen-bond donors (Lipinski definition) is 2. The summed E-state index contributed by atoms with van der Waals surface area (Å²) < 4.78 is 5.85. The quantitative estimate of drug-likeness (QED) is 0.0408. The van der Waals surface area contributed by atoms with Gasteiger partial charge in [0, 0.05) is 12.8 Å². The number of esters is 1. The molecule has 0 rings (SSSR count). The minimum absolute atomic E-state index is 0.106. The number of unbranched alkanes of at least 4 members (excludes halogenated alkanes) is 17. The van der Waals surface area contributed by atoms with Crippen LogP contribution in [0.3, 0.4) is 0 Å². The van der Waals surface area contributed by atoms with Crippen LogP contribution in [0.2, 0.25) is 0 Å². The lowest BCUT2D eigenvalue weighted by molar-refractivity contribution is -0.147. The van der Waals surface area contributed by atoms with Crippen molar-refractivity contribution in [2.45, 2.75) is 187 Å². The molecule has 0 spiro atoms. The molecule has 0 fully saturated rings. The second-order valence-corrected chi connectivity index (χ2v) is 12.8. The van der Waals surface area contributed by atoms with Gasteiger partial charge in [-0.2, -0.15) is 0 Å². The molecule has 0 aromatic carbocycles. The Hall–Kier alpha value is -2.63. The standard InChI is InChI=1S/C41H71NO5/c1-3-5-7-9-11-12-13-14-15-16-17-18-19-20-21-22-24-26-32-36-41(46)47-38(33-29-25-23-10-8-6-4-2)34-30-27-28-31-35-39(43)42-37-40(44)45/h10-12,14-15,23,29,33,38H,3-9,13,16-22,24-28,30-32,34-37H2,1-2H3,(H,42,43)(H,44,45)/b12-11-,15-14-,23-10-,33-29-. The molecule has 0 aromatic heterocycles. The van der Waals surface area contributed by atoms with Crippen molar-refractivity contribution >= 4 is 17.8 Å². The Morgan fingerprint density at radius 3 is 1.66 bits per heavy atom. The highest BCUT2D eigenvalue weighted by atomic mass is 16.5. The van der Waals surface area contributed by atoms with Gasteiger partial charge in [0.2, 0.25) is 5.91 Å². The van der Waals surface area contributed by atoms with Crippen LogP contribution in [0.4, 0.5) is 0 Å². The monoisotopic (exact) mass is 658 g/mol. The fourth-order valence-electron chi connectivity index (χ4n) is 5.30. The van der Waals surface area contributed by atoms with Crippen molar-refractivity contribution in [1.82, 2.24) is 5.32 Å². The smallest absolute Gasteiger partial charge is 0.322 e. The molecule has 0 radical (unpaired) electrons. The minimum atomic E-state index is -1.03. The van der Waals surface area contributed by atoms with E-state index in [1.165, 1.54) is 89.9 Å². The van der Waals surface area contributed by atoms with Crippen molar-refractivity contribution in [3.8, 4) is 0 Å². The Bertz CT molecular complexity index is 860. The maximum atomic E-state index is 12.6. The third-order valence-corrected chi connectivity index (χ3v) is 8.21. The molecule has 270 valence electrons. The van der Waals surface area contributed by atoms with Crippen LogP contribution in [-0.4, -0.2) is 35.6 Å². The summed E-state index contributed by atoms with van der Waals surface area (Å²) in [5.41, 5.74) is 0. The second kappa shape index (κ2) is 36.2. The van der Waals surface area contributed by atoms with Gasteiger partial charge in [-0.1, -0.05) is 140 Å². The maximum absolute atomic E-state index is 12.6. The van der Waals surface area contributed by atoms with Gasteiger partial charge in [0.25, 0.3) is 0 Å². The van der Waals surface area contributed by atoms with Gasteiger partial charge in [-0.25, -0.2) is 0 Å².